The highest BCUT2D eigenvalue weighted by Crippen LogP contribution is 2.33. The van der Waals surface area contributed by atoms with Crippen molar-refractivity contribution in [3.8, 4) is 5.75 Å². The van der Waals surface area contributed by atoms with Gasteiger partial charge in [0.15, 0.2) is 6.10 Å². The molecule has 6 nitrogen and oxygen atoms in total. The number of hydrogen-bond acceptors (Lipinski definition) is 4. The van der Waals surface area contributed by atoms with Crippen molar-refractivity contribution in [2.24, 2.45) is 0 Å². The van der Waals surface area contributed by atoms with Crippen LogP contribution in [-0.2, 0) is 9.59 Å². The lowest BCUT2D eigenvalue weighted by Crippen LogP contribution is -2.54. The highest BCUT2D eigenvalue weighted by molar-refractivity contribution is 5.86. The average Bonchev–Trinajstić information content (AvgIpc) is 2.65. The topological polar surface area (TPSA) is 61.9 Å². The van der Waals surface area contributed by atoms with Crippen LogP contribution in [0, 0.1) is 0 Å². The number of amides is 2. The van der Waals surface area contributed by atoms with Gasteiger partial charge in [0.1, 0.15) is 5.75 Å². The molecule has 0 saturated carbocycles. The Kier molecular flexibility index (Phi) is 7.72. The molecular weight excluding hydrogens is 354 g/mol. The van der Waals surface area contributed by atoms with Crippen LogP contribution in [0.3, 0.4) is 0 Å². The summed E-state index contributed by atoms with van der Waals surface area (Å²) < 4.78 is 5.97. The summed E-state index contributed by atoms with van der Waals surface area (Å²) in [5.74, 6) is 0.581. The normalized spacial score (nSPS) is 16.2. The van der Waals surface area contributed by atoms with E-state index in [2.05, 4.69) is 19.2 Å². The maximum atomic E-state index is 13.0. The van der Waals surface area contributed by atoms with E-state index in [-0.39, 0.29) is 36.5 Å². The van der Waals surface area contributed by atoms with Crippen LogP contribution in [0.1, 0.15) is 54.4 Å². The Hall–Kier alpha value is -2.24. The van der Waals surface area contributed by atoms with E-state index in [1.807, 2.05) is 61.8 Å². The minimum absolute atomic E-state index is 0.0563. The van der Waals surface area contributed by atoms with Crippen LogP contribution >= 0.6 is 0 Å². The molecule has 156 valence electrons. The molecule has 2 rings (SSSR count). The minimum Gasteiger partial charge on any atom is -0.477 e. The highest BCUT2D eigenvalue weighted by Gasteiger charge is 2.33. The Bertz CT molecular complexity index is 663. The molecule has 1 heterocycles. The van der Waals surface area contributed by atoms with Crippen molar-refractivity contribution in [1.82, 2.24) is 10.2 Å². The summed E-state index contributed by atoms with van der Waals surface area (Å²) >= 11 is 0. The Balaban J connectivity index is 2.20. The molecule has 1 atom stereocenters. The fourth-order valence-corrected chi connectivity index (χ4v) is 3.80. The van der Waals surface area contributed by atoms with Gasteiger partial charge in [-0.05, 0) is 52.7 Å². The van der Waals surface area contributed by atoms with E-state index in [4.69, 9.17) is 4.74 Å². The molecule has 1 aliphatic heterocycles. The fourth-order valence-electron chi connectivity index (χ4n) is 3.80. The van der Waals surface area contributed by atoms with Crippen LogP contribution in [-0.4, -0.2) is 54.0 Å². The summed E-state index contributed by atoms with van der Waals surface area (Å²) in [6, 6.07) is 7.98. The predicted molar refractivity (Wildman–Crippen MR) is 113 cm³/mol. The lowest BCUT2D eigenvalue weighted by atomic mass is 10.1. The van der Waals surface area contributed by atoms with Crippen LogP contribution < -0.4 is 15.0 Å². The molecule has 0 radical (unpaired) electrons. The van der Waals surface area contributed by atoms with E-state index >= 15 is 0 Å². The second-order valence-electron chi connectivity index (χ2n) is 7.97. The van der Waals surface area contributed by atoms with Crippen molar-refractivity contribution < 1.29 is 14.3 Å². The van der Waals surface area contributed by atoms with E-state index in [0.29, 0.717) is 12.3 Å². The third-order valence-electron chi connectivity index (χ3n) is 5.21. The van der Waals surface area contributed by atoms with Crippen LogP contribution in [0.2, 0.25) is 0 Å². The lowest BCUT2D eigenvalue weighted by molar-refractivity contribution is -0.134. The van der Waals surface area contributed by atoms with Gasteiger partial charge in [0.05, 0.1) is 18.8 Å². The molecule has 0 bridgehead atoms. The molecule has 1 unspecified atom stereocenters. The van der Waals surface area contributed by atoms with Crippen molar-refractivity contribution in [2.75, 3.05) is 18.0 Å². The summed E-state index contributed by atoms with van der Waals surface area (Å²) in [6.45, 7) is 12.8. The van der Waals surface area contributed by atoms with Crippen LogP contribution in [0.4, 0.5) is 5.69 Å². The zero-order valence-electron chi connectivity index (χ0n) is 18.1. The molecule has 28 heavy (non-hydrogen) atoms. The molecule has 6 heteroatoms. The first-order chi connectivity index (χ1) is 13.3. The van der Waals surface area contributed by atoms with Crippen LogP contribution in [0.25, 0.3) is 0 Å². The summed E-state index contributed by atoms with van der Waals surface area (Å²) in [6.07, 6.45) is 1.13. The lowest BCUT2D eigenvalue weighted by Gasteiger charge is -2.38. The van der Waals surface area contributed by atoms with Crippen molar-refractivity contribution >= 4 is 17.5 Å². The number of hydrogen-bond donors (Lipinski definition) is 1. The van der Waals surface area contributed by atoms with Gasteiger partial charge in [0, 0.05) is 18.1 Å². The summed E-state index contributed by atoms with van der Waals surface area (Å²) in [4.78, 5) is 29.6. The van der Waals surface area contributed by atoms with E-state index < -0.39 is 6.10 Å². The Morgan fingerprint density at radius 3 is 2.32 bits per heavy atom. The van der Waals surface area contributed by atoms with Crippen LogP contribution in [0.5, 0.6) is 5.75 Å². The van der Waals surface area contributed by atoms with Crippen molar-refractivity contribution in [1.29, 1.82) is 0 Å². The number of ether oxygens (including phenoxy) is 1. The Morgan fingerprint density at radius 2 is 1.75 bits per heavy atom. The first-order valence-electron chi connectivity index (χ1n) is 10.4. The van der Waals surface area contributed by atoms with Gasteiger partial charge in [0.25, 0.3) is 5.91 Å². The smallest absolute Gasteiger partial charge is 0.263 e. The molecule has 0 aromatic heterocycles. The number of carbonyl (C=O) groups is 2. The van der Waals surface area contributed by atoms with Gasteiger partial charge in [-0.15, -0.1) is 0 Å². The number of nitrogens with zero attached hydrogens (tertiary/aromatic N) is 2. The molecule has 1 aromatic rings. The number of carbonyl (C=O) groups excluding carboxylic acids is 2. The molecule has 0 aliphatic carbocycles. The third-order valence-corrected chi connectivity index (χ3v) is 5.21. The van der Waals surface area contributed by atoms with Gasteiger partial charge in [-0.1, -0.05) is 26.0 Å². The first-order valence-corrected chi connectivity index (χ1v) is 10.4. The molecule has 1 N–H and O–H groups in total. The van der Waals surface area contributed by atoms with Gasteiger partial charge in [0.2, 0.25) is 5.91 Å². The second-order valence-corrected chi connectivity index (χ2v) is 7.97. The molecular formula is C22H35N3O3. The van der Waals surface area contributed by atoms with E-state index in [9.17, 15) is 9.59 Å². The molecule has 2 amide bonds. The first kappa shape index (κ1) is 22.1. The number of para-hydroxylation sites is 2. The maximum Gasteiger partial charge on any atom is 0.263 e. The maximum absolute atomic E-state index is 13.0. The predicted octanol–water partition coefficient (Wildman–Crippen LogP) is 3.20. The van der Waals surface area contributed by atoms with E-state index in [0.717, 1.165) is 18.5 Å². The minimum atomic E-state index is -0.630. The molecule has 1 aromatic carbocycles. The molecule has 1 aliphatic rings. The number of benzene rings is 1. The van der Waals surface area contributed by atoms with Gasteiger partial charge in [-0.2, -0.15) is 0 Å². The summed E-state index contributed by atoms with van der Waals surface area (Å²) in [5, 5.41) is 3.06. The monoisotopic (exact) mass is 389 g/mol. The fraction of sp³-hybridized carbons (Fsp3) is 0.636. The van der Waals surface area contributed by atoms with Crippen molar-refractivity contribution in [3.05, 3.63) is 24.3 Å². The van der Waals surface area contributed by atoms with Gasteiger partial charge in [-0.3, -0.25) is 9.59 Å². The number of anilines is 1. The largest absolute Gasteiger partial charge is 0.477 e. The van der Waals surface area contributed by atoms with Gasteiger partial charge in [-0.25, -0.2) is 0 Å². The quantitative estimate of drug-likeness (QED) is 0.742. The number of fused-ring (bicyclic) bond motifs is 1. The van der Waals surface area contributed by atoms with E-state index in [1.165, 1.54) is 0 Å². The summed E-state index contributed by atoms with van der Waals surface area (Å²) in [5.41, 5.74) is 0.856. The molecule has 0 fully saturated rings. The zero-order chi connectivity index (χ0) is 20.8. The number of nitrogens with one attached hydrogen (secondary N) is 1. The zero-order valence-corrected chi connectivity index (χ0v) is 18.1. The SMILES string of the molecule is CCC(CC)NC(=O)C1CN(CC(=O)N(C(C)C)C(C)C)c2ccccc2O1. The van der Waals surface area contributed by atoms with E-state index in [1.54, 1.807) is 0 Å². The Morgan fingerprint density at radius 1 is 1.14 bits per heavy atom. The van der Waals surface area contributed by atoms with Crippen LogP contribution in [0.15, 0.2) is 24.3 Å². The van der Waals surface area contributed by atoms with Gasteiger partial charge >= 0.3 is 0 Å². The van der Waals surface area contributed by atoms with Gasteiger partial charge < -0.3 is 19.9 Å². The summed E-state index contributed by atoms with van der Waals surface area (Å²) in [7, 11) is 0. The van der Waals surface area contributed by atoms with Crippen molar-refractivity contribution in [2.45, 2.75) is 78.6 Å². The Labute approximate surface area is 169 Å². The second kappa shape index (κ2) is 9.80. The standard InChI is InChI=1S/C22H35N3O3/c1-7-17(8-2)23-22(27)20-13-24(18-11-9-10-12-19(18)28-20)14-21(26)25(15(3)4)16(5)6/h9-12,15-17,20H,7-8,13-14H2,1-6H3,(H,23,27). The number of rotatable bonds is 8. The highest BCUT2D eigenvalue weighted by atomic mass is 16.5. The van der Waals surface area contributed by atoms with Crippen molar-refractivity contribution in [3.63, 3.8) is 0 Å². The average molecular weight is 390 g/mol. The molecule has 0 saturated heterocycles. The third kappa shape index (κ3) is 5.18. The molecule has 0 spiro atoms.